The molecule has 1 N–H and O–H groups in total. The number of hydrogen-bond acceptors (Lipinski definition) is 5. The number of carbonyl (C=O) groups is 3. The number of morpholine rings is 1. The smallest absolute Gasteiger partial charge is 0.254 e. The zero-order chi connectivity index (χ0) is 17.8. The fourth-order valence-electron chi connectivity index (χ4n) is 2.97. The van der Waals surface area contributed by atoms with Crippen molar-refractivity contribution in [1.82, 2.24) is 20.1 Å². The zero-order valence-corrected chi connectivity index (χ0v) is 14.4. The Labute approximate surface area is 150 Å². The van der Waals surface area contributed by atoms with Crippen LogP contribution >= 0.6 is 11.6 Å². The van der Waals surface area contributed by atoms with Gasteiger partial charge in [0.25, 0.3) is 5.91 Å². The number of rotatable bonds is 3. The highest BCUT2D eigenvalue weighted by atomic mass is 35.5. The number of aromatic nitrogens is 1. The van der Waals surface area contributed by atoms with Crippen LogP contribution in [-0.2, 0) is 14.3 Å². The third-order valence-corrected chi connectivity index (χ3v) is 4.47. The van der Waals surface area contributed by atoms with Crippen molar-refractivity contribution in [3.8, 4) is 0 Å². The molecule has 0 saturated carbocycles. The number of hydrogen-bond donors (Lipinski definition) is 1. The van der Waals surface area contributed by atoms with Gasteiger partial charge in [-0.25, -0.2) is 4.98 Å². The van der Waals surface area contributed by atoms with Gasteiger partial charge >= 0.3 is 0 Å². The maximum atomic E-state index is 12.8. The fraction of sp³-hybridized carbons (Fsp3) is 0.500. The molecule has 0 aliphatic carbocycles. The van der Waals surface area contributed by atoms with Crippen LogP contribution in [0.1, 0.15) is 16.8 Å². The lowest BCUT2D eigenvalue weighted by Crippen LogP contribution is -2.54. The second-order valence-corrected chi connectivity index (χ2v) is 6.35. The van der Waals surface area contributed by atoms with Crippen molar-refractivity contribution < 1.29 is 19.1 Å². The maximum Gasteiger partial charge on any atom is 0.254 e. The molecule has 0 radical (unpaired) electrons. The Morgan fingerprint density at radius 3 is 3.00 bits per heavy atom. The molecule has 1 aromatic heterocycles. The Morgan fingerprint density at radius 2 is 2.24 bits per heavy atom. The lowest BCUT2D eigenvalue weighted by atomic mass is 10.1. The number of carbonyl (C=O) groups excluding carboxylic acids is 3. The van der Waals surface area contributed by atoms with E-state index < -0.39 is 0 Å². The van der Waals surface area contributed by atoms with Crippen LogP contribution in [0.4, 0.5) is 0 Å². The van der Waals surface area contributed by atoms with Crippen LogP contribution in [0, 0.1) is 0 Å². The topological polar surface area (TPSA) is 91.8 Å². The monoisotopic (exact) mass is 366 g/mol. The molecule has 3 heterocycles. The van der Waals surface area contributed by atoms with E-state index in [-0.39, 0.29) is 48.5 Å². The molecule has 134 valence electrons. The van der Waals surface area contributed by atoms with Crippen molar-refractivity contribution >= 4 is 29.3 Å². The molecule has 25 heavy (non-hydrogen) atoms. The van der Waals surface area contributed by atoms with Gasteiger partial charge in [-0.05, 0) is 12.1 Å². The molecular formula is C16H19ClN4O4. The summed E-state index contributed by atoms with van der Waals surface area (Å²) in [7, 11) is 0. The normalized spacial score (nSPS) is 21.0. The van der Waals surface area contributed by atoms with Crippen LogP contribution < -0.4 is 5.32 Å². The van der Waals surface area contributed by atoms with E-state index in [1.54, 1.807) is 11.0 Å². The van der Waals surface area contributed by atoms with Gasteiger partial charge in [0, 0.05) is 37.8 Å². The first-order chi connectivity index (χ1) is 12.0. The number of pyridine rings is 1. The van der Waals surface area contributed by atoms with E-state index in [4.69, 9.17) is 16.3 Å². The average Bonchev–Trinajstić information content (AvgIpc) is 2.61. The first-order valence-corrected chi connectivity index (χ1v) is 8.47. The van der Waals surface area contributed by atoms with Crippen molar-refractivity contribution in [2.45, 2.75) is 12.5 Å². The van der Waals surface area contributed by atoms with Gasteiger partial charge in [-0.15, -0.1) is 0 Å². The van der Waals surface area contributed by atoms with E-state index in [2.05, 4.69) is 10.3 Å². The summed E-state index contributed by atoms with van der Waals surface area (Å²) in [5, 5.41) is 2.93. The van der Waals surface area contributed by atoms with E-state index in [0.717, 1.165) is 0 Å². The fourth-order valence-corrected chi connectivity index (χ4v) is 3.15. The van der Waals surface area contributed by atoms with Crippen molar-refractivity contribution in [3.63, 3.8) is 0 Å². The molecule has 2 saturated heterocycles. The zero-order valence-electron chi connectivity index (χ0n) is 13.6. The quantitative estimate of drug-likeness (QED) is 0.756. The predicted octanol–water partition coefficient (Wildman–Crippen LogP) is -0.0755. The molecule has 1 atom stereocenters. The highest BCUT2D eigenvalue weighted by molar-refractivity contribution is 6.29. The Bertz CT molecular complexity index is 684. The van der Waals surface area contributed by atoms with Gasteiger partial charge in [0.15, 0.2) is 0 Å². The average molecular weight is 367 g/mol. The first kappa shape index (κ1) is 17.6. The van der Waals surface area contributed by atoms with Crippen LogP contribution in [0.15, 0.2) is 18.3 Å². The number of amides is 3. The minimum atomic E-state index is -0.370. The summed E-state index contributed by atoms with van der Waals surface area (Å²) in [6, 6.07) is 2.73. The van der Waals surface area contributed by atoms with E-state index >= 15 is 0 Å². The van der Waals surface area contributed by atoms with E-state index in [0.29, 0.717) is 31.8 Å². The minimum Gasteiger partial charge on any atom is -0.377 e. The molecule has 2 fully saturated rings. The second kappa shape index (κ2) is 7.79. The number of nitrogens with zero attached hydrogens (tertiary/aromatic N) is 3. The van der Waals surface area contributed by atoms with Crippen LogP contribution in [0.2, 0.25) is 5.15 Å². The minimum absolute atomic E-state index is 0.0559. The van der Waals surface area contributed by atoms with Crippen molar-refractivity contribution in [2.75, 3.05) is 39.4 Å². The van der Waals surface area contributed by atoms with Gasteiger partial charge in [0.05, 0.1) is 25.8 Å². The third kappa shape index (κ3) is 4.26. The lowest BCUT2D eigenvalue weighted by molar-refractivity contribution is -0.140. The molecule has 3 amide bonds. The summed E-state index contributed by atoms with van der Waals surface area (Å²) >= 11 is 5.86. The molecule has 2 aliphatic rings. The van der Waals surface area contributed by atoms with Gasteiger partial charge in [0.1, 0.15) is 5.15 Å². The SMILES string of the molecule is O=C1CN(C(=O)C[C@@H]2COCCN2C(=O)c2ccnc(Cl)c2)CCN1. The van der Waals surface area contributed by atoms with E-state index in [1.165, 1.54) is 17.2 Å². The molecule has 0 spiro atoms. The van der Waals surface area contributed by atoms with Gasteiger partial charge in [-0.3, -0.25) is 14.4 Å². The van der Waals surface area contributed by atoms with Gasteiger partial charge < -0.3 is 19.9 Å². The van der Waals surface area contributed by atoms with Crippen LogP contribution in [0.3, 0.4) is 0 Å². The Hall–Kier alpha value is -2.19. The summed E-state index contributed by atoms with van der Waals surface area (Å²) in [5.41, 5.74) is 0.427. The lowest BCUT2D eigenvalue weighted by Gasteiger charge is -2.37. The highest BCUT2D eigenvalue weighted by Crippen LogP contribution is 2.17. The summed E-state index contributed by atoms with van der Waals surface area (Å²) < 4.78 is 5.45. The second-order valence-electron chi connectivity index (χ2n) is 5.96. The molecule has 0 bridgehead atoms. The van der Waals surface area contributed by atoms with Gasteiger partial charge in [0.2, 0.25) is 11.8 Å². The molecule has 1 aromatic rings. The number of ether oxygens (including phenoxy) is 1. The standard InChI is InChI=1S/C16H19ClN4O4/c17-13-7-11(1-2-18-13)16(24)21-5-6-25-10-12(21)8-15(23)20-4-3-19-14(22)9-20/h1-2,7,12H,3-6,8-10H2,(H,19,22)/t12-/m1/s1. The van der Waals surface area contributed by atoms with Gasteiger partial charge in [-0.2, -0.15) is 0 Å². The van der Waals surface area contributed by atoms with Crippen molar-refractivity contribution in [1.29, 1.82) is 0 Å². The summed E-state index contributed by atoms with van der Waals surface area (Å²) in [6.45, 7) is 2.09. The summed E-state index contributed by atoms with van der Waals surface area (Å²) in [6.07, 6.45) is 1.60. The Balaban J connectivity index is 1.69. The largest absolute Gasteiger partial charge is 0.377 e. The Kier molecular flexibility index (Phi) is 5.50. The predicted molar refractivity (Wildman–Crippen MR) is 89.1 cm³/mol. The molecule has 8 nitrogen and oxygen atoms in total. The molecule has 0 unspecified atom stereocenters. The summed E-state index contributed by atoms with van der Waals surface area (Å²) in [4.78, 5) is 43.7. The van der Waals surface area contributed by atoms with E-state index in [1.807, 2.05) is 0 Å². The maximum absolute atomic E-state index is 12.8. The molecule has 3 rings (SSSR count). The molecular weight excluding hydrogens is 348 g/mol. The van der Waals surface area contributed by atoms with Crippen LogP contribution in [0.5, 0.6) is 0 Å². The first-order valence-electron chi connectivity index (χ1n) is 8.09. The molecule has 2 aliphatic heterocycles. The number of nitrogens with one attached hydrogen (secondary N) is 1. The van der Waals surface area contributed by atoms with Crippen molar-refractivity contribution in [2.24, 2.45) is 0 Å². The molecule has 9 heteroatoms. The van der Waals surface area contributed by atoms with Crippen molar-refractivity contribution in [3.05, 3.63) is 29.0 Å². The highest BCUT2D eigenvalue weighted by Gasteiger charge is 2.32. The Morgan fingerprint density at radius 1 is 1.40 bits per heavy atom. The van der Waals surface area contributed by atoms with Crippen LogP contribution in [0.25, 0.3) is 0 Å². The molecule has 0 aromatic carbocycles. The number of piperazine rings is 1. The van der Waals surface area contributed by atoms with E-state index in [9.17, 15) is 14.4 Å². The summed E-state index contributed by atoms with van der Waals surface area (Å²) in [5.74, 6) is -0.531. The van der Waals surface area contributed by atoms with Crippen LogP contribution in [-0.4, -0.2) is 77.9 Å². The number of halogens is 1. The third-order valence-electron chi connectivity index (χ3n) is 4.26. The van der Waals surface area contributed by atoms with Gasteiger partial charge in [-0.1, -0.05) is 11.6 Å².